The molecule has 0 radical (unpaired) electrons. The summed E-state index contributed by atoms with van der Waals surface area (Å²) < 4.78 is 0. The SMILES string of the molecule is N#Cc1cc2ccc1CCc1ccc(cc1)CC2. The second-order valence-electron chi connectivity index (χ2n) is 4.92. The molecule has 1 nitrogen and oxygen atoms in total. The van der Waals surface area contributed by atoms with Crippen molar-refractivity contribution in [2.45, 2.75) is 25.7 Å². The van der Waals surface area contributed by atoms with E-state index in [0.29, 0.717) is 0 Å². The first-order chi connectivity index (χ1) is 8.85. The molecule has 6 rings (SSSR count). The van der Waals surface area contributed by atoms with Crippen molar-refractivity contribution < 1.29 is 0 Å². The van der Waals surface area contributed by atoms with E-state index in [9.17, 15) is 5.26 Å². The van der Waals surface area contributed by atoms with E-state index in [4.69, 9.17) is 0 Å². The average Bonchev–Trinajstić information content (AvgIpc) is 2.41. The Hall–Kier alpha value is -2.07. The molecule has 0 fully saturated rings. The molecule has 4 bridgehead atoms. The topological polar surface area (TPSA) is 23.8 Å². The number of nitriles is 1. The summed E-state index contributed by atoms with van der Waals surface area (Å²) in [4.78, 5) is 0. The van der Waals surface area contributed by atoms with Gasteiger partial charge in [0.2, 0.25) is 0 Å². The Morgan fingerprint density at radius 1 is 0.722 bits per heavy atom. The minimum atomic E-state index is 0.850. The third kappa shape index (κ3) is 2.15. The molecule has 0 aliphatic heterocycles. The van der Waals surface area contributed by atoms with Gasteiger partial charge in [0.25, 0.3) is 0 Å². The first kappa shape index (κ1) is 11.0. The zero-order valence-electron chi connectivity index (χ0n) is 10.3. The molecule has 0 spiro atoms. The summed E-state index contributed by atoms with van der Waals surface area (Å²) >= 11 is 0. The van der Waals surface area contributed by atoms with E-state index in [1.54, 1.807) is 0 Å². The van der Waals surface area contributed by atoms with Gasteiger partial charge in [-0.2, -0.15) is 5.26 Å². The van der Waals surface area contributed by atoms with Crippen molar-refractivity contribution in [1.29, 1.82) is 5.26 Å². The van der Waals surface area contributed by atoms with Crippen LogP contribution in [0.15, 0.2) is 42.5 Å². The maximum Gasteiger partial charge on any atom is 0.0994 e. The van der Waals surface area contributed by atoms with E-state index in [1.165, 1.54) is 22.3 Å². The highest BCUT2D eigenvalue weighted by atomic mass is 14.2. The lowest BCUT2D eigenvalue weighted by Gasteiger charge is -2.10. The molecule has 0 atom stereocenters. The first-order valence-corrected chi connectivity index (χ1v) is 6.45. The van der Waals surface area contributed by atoms with Gasteiger partial charge in [0.1, 0.15) is 0 Å². The zero-order chi connectivity index (χ0) is 12.4. The molecule has 0 amide bonds. The number of nitrogens with zero attached hydrogens (tertiary/aromatic N) is 1. The van der Waals surface area contributed by atoms with Gasteiger partial charge in [0.15, 0.2) is 0 Å². The van der Waals surface area contributed by atoms with Gasteiger partial charge in [-0.3, -0.25) is 0 Å². The Morgan fingerprint density at radius 2 is 1.28 bits per heavy atom. The minimum absolute atomic E-state index is 0.850. The van der Waals surface area contributed by atoms with Crippen LogP contribution in [0.1, 0.15) is 27.8 Å². The van der Waals surface area contributed by atoms with E-state index < -0.39 is 0 Å². The van der Waals surface area contributed by atoms with Crippen LogP contribution in [0.2, 0.25) is 0 Å². The van der Waals surface area contributed by atoms with Gasteiger partial charge in [-0.05, 0) is 54.0 Å². The summed E-state index contributed by atoms with van der Waals surface area (Å²) in [5.41, 5.74) is 6.02. The summed E-state index contributed by atoms with van der Waals surface area (Å²) in [5, 5.41) is 9.22. The Kier molecular flexibility index (Phi) is 2.86. The van der Waals surface area contributed by atoms with Crippen LogP contribution >= 0.6 is 0 Å². The summed E-state index contributed by atoms with van der Waals surface area (Å²) in [7, 11) is 0. The second-order valence-corrected chi connectivity index (χ2v) is 4.92. The largest absolute Gasteiger partial charge is 0.192 e. The summed E-state index contributed by atoms with van der Waals surface area (Å²) in [6.07, 6.45) is 4.01. The predicted molar refractivity (Wildman–Crippen MR) is 72.4 cm³/mol. The van der Waals surface area contributed by atoms with Crippen molar-refractivity contribution in [2.75, 3.05) is 0 Å². The number of benzene rings is 2. The normalized spacial score (nSPS) is 13.7. The highest BCUT2D eigenvalue weighted by molar-refractivity contribution is 5.42. The fourth-order valence-corrected chi connectivity index (χ4v) is 2.54. The van der Waals surface area contributed by atoms with Crippen LogP contribution < -0.4 is 0 Å². The lowest BCUT2D eigenvalue weighted by molar-refractivity contribution is 0.918. The van der Waals surface area contributed by atoms with Crippen molar-refractivity contribution in [3.8, 4) is 6.07 Å². The quantitative estimate of drug-likeness (QED) is 0.683. The smallest absolute Gasteiger partial charge is 0.0994 e. The molecule has 0 saturated carbocycles. The molecule has 1 heteroatoms. The molecule has 2 aromatic rings. The standard InChI is InChI=1S/C17H15N/c18-12-17-11-15-6-5-13-1-3-14(4-2-13)7-9-16(17)10-8-15/h1-4,8,10-11H,5-7,9H2. The average molecular weight is 233 g/mol. The summed E-state index contributed by atoms with van der Waals surface area (Å²) in [5.74, 6) is 0. The van der Waals surface area contributed by atoms with E-state index in [0.717, 1.165) is 31.2 Å². The third-order valence-electron chi connectivity index (χ3n) is 3.70. The van der Waals surface area contributed by atoms with Crippen LogP contribution in [0.3, 0.4) is 0 Å². The molecule has 0 heterocycles. The highest BCUT2D eigenvalue weighted by Crippen LogP contribution is 2.18. The van der Waals surface area contributed by atoms with Crippen molar-refractivity contribution >= 4 is 0 Å². The van der Waals surface area contributed by atoms with Crippen molar-refractivity contribution in [2.24, 2.45) is 0 Å². The second kappa shape index (κ2) is 4.66. The van der Waals surface area contributed by atoms with Gasteiger partial charge in [-0.25, -0.2) is 0 Å². The van der Waals surface area contributed by atoms with Crippen molar-refractivity contribution in [3.05, 3.63) is 70.3 Å². The van der Waals surface area contributed by atoms with Gasteiger partial charge in [-0.15, -0.1) is 0 Å². The maximum atomic E-state index is 9.22. The number of aryl methyl sites for hydroxylation is 4. The Morgan fingerprint density at radius 3 is 1.94 bits per heavy atom. The van der Waals surface area contributed by atoms with Crippen molar-refractivity contribution in [1.82, 2.24) is 0 Å². The number of rotatable bonds is 0. The lowest BCUT2D eigenvalue weighted by atomic mass is 9.94. The Labute approximate surface area is 108 Å². The van der Waals surface area contributed by atoms with Crippen molar-refractivity contribution in [3.63, 3.8) is 0 Å². The summed E-state index contributed by atoms with van der Waals surface area (Å²) in [6, 6.07) is 17.6. The maximum absolute atomic E-state index is 9.22. The third-order valence-corrected chi connectivity index (χ3v) is 3.70. The van der Waals surface area contributed by atoms with Gasteiger partial charge in [-0.1, -0.05) is 36.4 Å². The molecule has 4 aliphatic rings. The summed E-state index contributed by atoms with van der Waals surface area (Å²) in [6.45, 7) is 0. The molecular weight excluding hydrogens is 218 g/mol. The zero-order valence-corrected chi connectivity index (χ0v) is 10.3. The Balaban J connectivity index is 2.03. The number of hydrogen-bond donors (Lipinski definition) is 0. The molecule has 2 aromatic carbocycles. The lowest BCUT2D eigenvalue weighted by Crippen LogP contribution is -2.00. The van der Waals surface area contributed by atoms with Crippen LogP contribution in [0.4, 0.5) is 0 Å². The molecule has 0 N–H and O–H groups in total. The van der Waals surface area contributed by atoms with Gasteiger partial charge in [0.05, 0.1) is 11.6 Å². The van der Waals surface area contributed by atoms with Gasteiger partial charge < -0.3 is 0 Å². The van der Waals surface area contributed by atoms with Crippen LogP contribution in [-0.4, -0.2) is 0 Å². The monoisotopic (exact) mass is 233 g/mol. The molecule has 4 aliphatic carbocycles. The highest BCUT2D eigenvalue weighted by Gasteiger charge is 2.07. The fourth-order valence-electron chi connectivity index (χ4n) is 2.54. The van der Waals surface area contributed by atoms with Crippen LogP contribution in [0, 0.1) is 11.3 Å². The Bertz CT molecular complexity index is 602. The fraction of sp³-hybridized carbons (Fsp3) is 0.235. The van der Waals surface area contributed by atoms with Gasteiger partial charge in [0, 0.05) is 0 Å². The molecule has 18 heavy (non-hydrogen) atoms. The molecule has 0 aromatic heterocycles. The van der Waals surface area contributed by atoms with E-state index >= 15 is 0 Å². The number of hydrogen-bond acceptors (Lipinski definition) is 1. The van der Waals surface area contributed by atoms with Crippen LogP contribution in [-0.2, 0) is 25.7 Å². The first-order valence-electron chi connectivity index (χ1n) is 6.45. The van der Waals surface area contributed by atoms with E-state index in [2.05, 4.69) is 48.5 Å². The molecule has 88 valence electrons. The molecule has 0 saturated heterocycles. The van der Waals surface area contributed by atoms with Gasteiger partial charge >= 0.3 is 0 Å². The minimum Gasteiger partial charge on any atom is -0.192 e. The van der Waals surface area contributed by atoms with E-state index in [1.807, 2.05) is 0 Å². The van der Waals surface area contributed by atoms with Crippen LogP contribution in [0.5, 0.6) is 0 Å². The van der Waals surface area contributed by atoms with E-state index in [-0.39, 0.29) is 0 Å². The molecular formula is C17H15N. The van der Waals surface area contributed by atoms with Crippen LogP contribution in [0.25, 0.3) is 0 Å². The predicted octanol–water partition coefficient (Wildman–Crippen LogP) is 3.44. The molecule has 0 unspecified atom stereocenters.